The molecular weight excluding hydrogens is 264 g/mol. The van der Waals surface area contributed by atoms with E-state index < -0.39 is 17.7 Å². The van der Waals surface area contributed by atoms with Crippen molar-refractivity contribution >= 4 is 23.7 Å². The van der Waals surface area contributed by atoms with E-state index in [0.717, 1.165) is 17.8 Å². The number of nitrogens with one attached hydrogen (secondary N) is 1. The maximum absolute atomic E-state index is 11.6. The van der Waals surface area contributed by atoms with Gasteiger partial charge in [0, 0.05) is 11.3 Å². The van der Waals surface area contributed by atoms with Gasteiger partial charge in [0.1, 0.15) is 17.9 Å². The number of hydrogen-bond donors (Lipinski definition) is 1. The molecule has 0 aromatic carbocycles. The number of hydrogen-bond acceptors (Lipinski definition) is 5. The first-order valence-electron chi connectivity index (χ1n) is 6.29. The number of rotatable bonds is 4. The van der Waals surface area contributed by atoms with E-state index in [1.54, 1.807) is 32.1 Å². The first kappa shape index (κ1) is 14.0. The van der Waals surface area contributed by atoms with Gasteiger partial charge >= 0.3 is 6.09 Å². The van der Waals surface area contributed by atoms with Crippen LogP contribution in [-0.4, -0.2) is 23.0 Å². The lowest BCUT2D eigenvalue weighted by atomic mass is 10.2. The molecule has 1 amide bonds. The summed E-state index contributed by atoms with van der Waals surface area (Å²) in [6.07, 6.45) is 2.40. The van der Waals surface area contributed by atoms with Gasteiger partial charge in [0.2, 0.25) is 0 Å². The molecule has 1 aliphatic carbocycles. The molecule has 5 nitrogen and oxygen atoms in total. The zero-order valence-corrected chi connectivity index (χ0v) is 12.1. The summed E-state index contributed by atoms with van der Waals surface area (Å²) in [5.41, 5.74) is 0.00596. The van der Waals surface area contributed by atoms with Crippen molar-refractivity contribution in [2.75, 3.05) is 0 Å². The molecule has 0 bridgehead atoms. The molecule has 0 saturated heterocycles. The summed E-state index contributed by atoms with van der Waals surface area (Å²) in [5, 5.41) is 5.40. The predicted octanol–water partition coefficient (Wildman–Crippen LogP) is 2.79. The lowest BCUT2D eigenvalue weighted by Crippen LogP contribution is -2.35. The normalized spacial score (nSPS) is 16.8. The number of carbonyl (C=O) groups is 2. The number of thiazole rings is 1. The average Bonchev–Trinajstić information content (AvgIpc) is 3.02. The third-order valence-corrected chi connectivity index (χ3v) is 3.62. The van der Waals surface area contributed by atoms with Gasteiger partial charge in [-0.1, -0.05) is 0 Å². The van der Waals surface area contributed by atoms with Gasteiger partial charge in [-0.05, 0) is 33.6 Å². The number of ether oxygens (including phenoxy) is 1. The second kappa shape index (κ2) is 5.28. The number of aldehydes is 1. The quantitative estimate of drug-likeness (QED) is 0.862. The van der Waals surface area contributed by atoms with E-state index >= 15 is 0 Å². The van der Waals surface area contributed by atoms with Crippen molar-refractivity contribution in [1.82, 2.24) is 10.3 Å². The lowest BCUT2D eigenvalue weighted by molar-refractivity contribution is -0.109. The van der Waals surface area contributed by atoms with E-state index in [1.165, 1.54) is 0 Å². The summed E-state index contributed by atoms with van der Waals surface area (Å²) >= 11 is 1.54. The Morgan fingerprint density at radius 2 is 2.26 bits per heavy atom. The standard InChI is InChI=1S/C13H18N2O3S/c1-13(2,3)18-12(17)15-9(6-16)10-7-19-11(14-10)8-4-5-8/h6-9H,4-5H2,1-3H3,(H,15,17). The van der Waals surface area contributed by atoms with Crippen LogP contribution in [0.1, 0.15) is 56.3 Å². The maximum atomic E-state index is 11.6. The van der Waals surface area contributed by atoms with Gasteiger partial charge in [0.05, 0.1) is 10.7 Å². The molecule has 19 heavy (non-hydrogen) atoms. The molecule has 1 aromatic heterocycles. The van der Waals surface area contributed by atoms with Crippen molar-refractivity contribution in [2.45, 2.75) is 51.2 Å². The van der Waals surface area contributed by atoms with Crippen molar-refractivity contribution in [3.8, 4) is 0 Å². The maximum Gasteiger partial charge on any atom is 0.408 e. The van der Waals surface area contributed by atoms with Crippen molar-refractivity contribution in [3.05, 3.63) is 16.1 Å². The minimum atomic E-state index is -0.737. The Balaban J connectivity index is 1.98. The monoisotopic (exact) mass is 282 g/mol. The molecule has 0 aliphatic heterocycles. The van der Waals surface area contributed by atoms with E-state index in [-0.39, 0.29) is 0 Å². The molecule has 1 aliphatic rings. The van der Waals surface area contributed by atoms with Crippen LogP contribution in [0.4, 0.5) is 4.79 Å². The topological polar surface area (TPSA) is 68.3 Å². The van der Waals surface area contributed by atoms with Gasteiger partial charge in [0.15, 0.2) is 0 Å². The minimum absolute atomic E-state index is 0.549. The van der Waals surface area contributed by atoms with Crippen molar-refractivity contribution < 1.29 is 14.3 Å². The van der Waals surface area contributed by atoms with E-state index in [9.17, 15) is 9.59 Å². The molecule has 104 valence electrons. The molecule has 1 fully saturated rings. The summed E-state index contributed by atoms with van der Waals surface area (Å²) in [4.78, 5) is 27.1. The van der Waals surface area contributed by atoms with Crippen LogP contribution in [-0.2, 0) is 9.53 Å². The molecule has 1 atom stereocenters. The molecule has 1 saturated carbocycles. The highest BCUT2D eigenvalue weighted by atomic mass is 32.1. The first-order chi connectivity index (χ1) is 8.89. The van der Waals surface area contributed by atoms with Gasteiger partial charge in [-0.15, -0.1) is 11.3 Å². The van der Waals surface area contributed by atoms with Gasteiger partial charge in [-0.25, -0.2) is 9.78 Å². The Kier molecular flexibility index (Phi) is 3.89. The van der Waals surface area contributed by atoms with Crippen LogP contribution in [0.2, 0.25) is 0 Å². The fourth-order valence-corrected chi connectivity index (χ4v) is 2.60. The third kappa shape index (κ3) is 4.02. The van der Waals surface area contributed by atoms with E-state index in [4.69, 9.17) is 4.74 Å². The van der Waals surface area contributed by atoms with Crippen molar-refractivity contribution in [2.24, 2.45) is 0 Å². The second-order valence-corrected chi connectivity index (χ2v) is 6.53. The average molecular weight is 282 g/mol. The van der Waals surface area contributed by atoms with E-state index in [0.29, 0.717) is 17.9 Å². The fraction of sp³-hybridized carbons (Fsp3) is 0.615. The van der Waals surface area contributed by atoms with Crippen molar-refractivity contribution in [3.63, 3.8) is 0 Å². The minimum Gasteiger partial charge on any atom is -0.444 e. The van der Waals surface area contributed by atoms with Gasteiger partial charge in [-0.2, -0.15) is 0 Å². The predicted molar refractivity (Wildman–Crippen MR) is 72.3 cm³/mol. The summed E-state index contributed by atoms with van der Waals surface area (Å²) < 4.78 is 5.12. The fourth-order valence-electron chi connectivity index (χ4n) is 1.57. The van der Waals surface area contributed by atoms with Crippen LogP contribution in [0.3, 0.4) is 0 Å². The van der Waals surface area contributed by atoms with Gasteiger partial charge < -0.3 is 14.8 Å². The Morgan fingerprint density at radius 1 is 1.58 bits per heavy atom. The molecule has 6 heteroatoms. The Labute approximate surface area is 116 Å². The van der Waals surface area contributed by atoms with Crippen LogP contribution >= 0.6 is 11.3 Å². The summed E-state index contributed by atoms with van der Waals surface area (Å²) in [6, 6.07) is -0.737. The highest BCUT2D eigenvalue weighted by molar-refractivity contribution is 7.09. The first-order valence-corrected chi connectivity index (χ1v) is 7.17. The summed E-state index contributed by atoms with van der Waals surface area (Å²) in [7, 11) is 0. The molecule has 1 unspecified atom stereocenters. The Morgan fingerprint density at radius 3 is 2.79 bits per heavy atom. The highest BCUT2D eigenvalue weighted by Crippen LogP contribution is 2.41. The largest absolute Gasteiger partial charge is 0.444 e. The smallest absolute Gasteiger partial charge is 0.408 e. The molecule has 1 heterocycles. The lowest BCUT2D eigenvalue weighted by Gasteiger charge is -2.21. The van der Waals surface area contributed by atoms with Gasteiger partial charge in [-0.3, -0.25) is 0 Å². The van der Waals surface area contributed by atoms with E-state index in [1.807, 2.05) is 5.38 Å². The summed E-state index contributed by atoms with van der Waals surface area (Å²) in [5.74, 6) is 0.549. The van der Waals surface area contributed by atoms with Gasteiger partial charge in [0.25, 0.3) is 0 Å². The number of amides is 1. The zero-order valence-electron chi connectivity index (χ0n) is 11.3. The van der Waals surface area contributed by atoms with E-state index in [2.05, 4.69) is 10.3 Å². The number of alkyl carbamates (subject to hydrolysis) is 1. The molecular formula is C13H18N2O3S. The second-order valence-electron chi connectivity index (χ2n) is 5.64. The third-order valence-electron chi connectivity index (χ3n) is 2.59. The van der Waals surface area contributed by atoms with Crippen LogP contribution in [0, 0.1) is 0 Å². The Bertz CT molecular complexity index is 474. The van der Waals surface area contributed by atoms with Crippen LogP contribution in [0.5, 0.6) is 0 Å². The number of carbonyl (C=O) groups excluding carboxylic acids is 2. The molecule has 2 rings (SSSR count). The number of aromatic nitrogens is 1. The summed E-state index contributed by atoms with van der Waals surface area (Å²) in [6.45, 7) is 5.32. The SMILES string of the molecule is CC(C)(C)OC(=O)NC(C=O)c1csc(C2CC2)n1. The number of nitrogens with zero attached hydrogens (tertiary/aromatic N) is 1. The zero-order chi connectivity index (χ0) is 14.0. The molecule has 1 N–H and O–H groups in total. The van der Waals surface area contributed by atoms with Crippen LogP contribution < -0.4 is 5.32 Å². The molecule has 1 aromatic rings. The Hall–Kier alpha value is -1.43. The van der Waals surface area contributed by atoms with Crippen molar-refractivity contribution in [1.29, 1.82) is 0 Å². The molecule has 0 radical (unpaired) electrons. The highest BCUT2D eigenvalue weighted by Gasteiger charge is 2.28. The van der Waals surface area contributed by atoms with Crippen LogP contribution in [0.25, 0.3) is 0 Å². The van der Waals surface area contributed by atoms with Crippen LogP contribution in [0.15, 0.2) is 5.38 Å². The molecule has 0 spiro atoms.